The van der Waals surface area contributed by atoms with Gasteiger partial charge in [0.25, 0.3) is 0 Å². The summed E-state index contributed by atoms with van der Waals surface area (Å²) in [6.07, 6.45) is 4.68. The topological polar surface area (TPSA) is 40.5 Å². The van der Waals surface area contributed by atoms with Gasteiger partial charge < -0.3 is 10.2 Å². The van der Waals surface area contributed by atoms with Crippen LogP contribution >= 0.6 is 0 Å². The first-order valence-electron chi connectivity index (χ1n) is 5.57. The molecule has 0 spiro atoms. The third-order valence-electron chi connectivity index (χ3n) is 4.02. The van der Waals surface area contributed by atoms with E-state index in [1.54, 1.807) is 0 Å². The fourth-order valence-corrected chi connectivity index (χ4v) is 3.33. The third kappa shape index (κ3) is 1.56. The summed E-state index contributed by atoms with van der Waals surface area (Å²) in [6.45, 7) is 7.71. The van der Waals surface area contributed by atoms with Crippen LogP contribution in [-0.2, 0) is 0 Å². The summed E-state index contributed by atoms with van der Waals surface area (Å²) < 4.78 is 0. The van der Waals surface area contributed by atoms with Gasteiger partial charge >= 0.3 is 0 Å². The van der Waals surface area contributed by atoms with Gasteiger partial charge in [-0.25, -0.2) is 0 Å². The molecule has 2 rings (SSSR count). The van der Waals surface area contributed by atoms with E-state index in [2.05, 4.69) is 0 Å². The molecule has 0 aromatic rings. The lowest BCUT2D eigenvalue weighted by Gasteiger charge is -2.47. The summed E-state index contributed by atoms with van der Waals surface area (Å²) in [7, 11) is 0. The molecule has 0 aromatic heterocycles. The van der Waals surface area contributed by atoms with Gasteiger partial charge in [0.1, 0.15) is 0 Å². The third-order valence-corrected chi connectivity index (χ3v) is 4.02. The van der Waals surface area contributed by atoms with Crippen molar-refractivity contribution in [1.82, 2.24) is 0 Å². The molecule has 84 valence electrons. The molecule has 15 heavy (non-hydrogen) atoms. The Hall–Kier alpha value is -0.600. The molecule has 2 aliphatic rings. The lowest BCUT2D eigenvalue weighted by molar-refractivity contribution is -0.0141. The molecule has 4 atom stereocenters. The van der Waals surface area contributed by atoms with E-state index < -0.39 is 11.2 Å². The van der Waals surface area contributed by atoms with Crippen molar-refractivity contribution < 1.29 is 10.2 Å². The van der Waals surface area contributed by atoms with Crippen molar-refractivity contribution in [2.75, 3.05) is 0 Å². The maximum atomic E-state index is 10.3. The highest BCUT2D eigenvalue weighted by Crippen LogP contribution is 2.48. The highest BCUT2D eigenvalue weighted by atomic mass is 16.3. The van der Waals surface area contributed by atoms with Gasteiger partial charge in [-0.05, 0) is 34.1 Å². The van der Waals surface area contributed by atoms with Gasteiger partial charge in [0, 0.05) is 11.8 Å². The van der Waals surface area contributed by atoms with Crippen molar-refractivity contribution >= 4 is 0 Å². The van der Waals surface area contributed by atoms with Gasteiger partial charge in [-0.1, -0.05) is 23.3 Å². The zero-order valence-electron chi connectivity index (χ0n) is 9.91. The predicted octanol–water partition coefficient (Wildman–Crippen LogP) is 2.03. The SMILES string of the molecule is CC1=C[C@](C)(O)[C@H]2C[C@@H]1[C@@](C)(O)C=C2C. The largest absolute Gasteiger partial charge is 0.385 e. The standard InChI is InChI=1S/C13H20O2/c1-8-6-12(3,14)11-5-10(8)13(4,15)7-9(11)2/h6-7,10-11,14-15H,5H2,1-4H3/t10-,11-,12-,13-/m0/s1. The molecule has 0 aliphatic heterocycles. The molecular weight excluding hydrogens is 188 g/mol. The van der Waals surface area contributed by atoms with Crippen LogP contribution in [0.15, 0.2) is 23.3 Å². The van der Waals surface area contributed by atoms with Gasteiger partial charge in [-0.3, -0.25) is 0 Å². The molecular formula is C13H20O2. The van der Waals surface area contributed by atoms with E-state index in [1.165, 1.54) is 0 Å². The van der Waals surface area contributed by atoms with Crippen LogP contribution in [0.25, 0.3) is 0 Å². The summed E-state index contributed by atoms with van der Waals surface area (Å²) in [4.78, 5) is 0. The molecule has 0 saturated heterocycles. The van der Waals surface area contributed by atoms with Crippen molar-refractivity contribution in [3.63, 3.8) is 0 Å². The van der Waals surface area contributed by atoms with E-state index in [1.807, 2.05) is 39.8 Å². The van der Waals surface area contributed by atoms with Gasteiger partial charge in [-0.2, -0.15) is 0 Å². The Balaban J connectivity index is 2.51. The molecule has 0 saturated carbocycles. The number of rotatable bonds is 0. The lowest BCUT2D eigenvalue weighted by Crippen LogP contribution is -2.48. The molecule has 2 bridgehead atoms. The molecule has 2 nitrogen and oxygen atoms in total. The number of fused-ring (bicyclic) bond motifs is 2. The first kappa shape index (κ1) is 10.9. The van der Waals surface area contributed by atoms with Crippen molar-refractivity contribution in [2.45, 2.75) is 45.3 Å². The number of hydrogen-bond donors (Lipinski definition) is 2. The maximum absolute atomic E-state index is 10.3. The van der Waals surface area contributed by atoms with E-state index in [4.69, 9.17) is 0 Å². The van der Waals surface area contributed by atoms with Crippen molar-refractivity contribution in [3.05, 3.63) is 23.3 Å². The Kier molecular flexibility index (Phi) is 2.15. The quantitative estimate of drug-likeness (QED) is 0.598. The molecule has 0 fully saturated rings. The summed E-state index contributed by atoms with van der Waals surface area (Å²) in [5, 5.41) is 20.6. The summed E-state index contributed by atoms with van der Waals surface area (Å²) >= 11 is 0. The summed E-state index contributed by atoms with van der Waals surface area (Å²) in [5.41, 5.74) is 0.699. The molecule has 0 aromatic carbocycles. The van der Waals surface area contributed by atoms with Crippen LogP contribution in [0.5, 0.6) is 0 Å². The second-order valence-corrected chi connectivity index (χ2v) is 5.57. The van der Waals surface area contributed by atoms with Crippen LogP contribution in [0, 0.1) is 11.8 Å². The Bertz CT molecular complexity index is 314. The van der Waals surface area contributed by atoms with Crippen LogP contribution < -0.4 is 0 Å². The van der Waals surface area contributed by atoms with Crippen LogP contribution in [0.3, 0.4) is 0 Å². The minimum absolute atomic E-state index is 0.159. The van der Waals surface area contributed by atoms with Crippen molar-refractivity contribution in [1.29, 1.82) is 0 Å². The van der Waals surface area contributed by atoms with Gasteiger partial charge in [0.2, 0.25) is 0 Å². The van der Waals surface area contributed by atoms with Crippen LogP contribution in [-0.4, -0.2) is 21.4 Å². The normalized spacial score (nSPS) is 49.7. The molecule has 0 unspecified atom stereocenters. The average Bonchev–Trinajstić information content (AvgIpc) is 1.98. The second kappa shape index (κ2) is 2.96. The zero-order chi connectivity index (χ0) is 11.4. The molecule has 0 heterocycles. The maximum Gasteiger partial charge on any atom is 0.0867 e. The van der Waals surface area contributed by atoms with Crippen molar-refractivity contribution in [3.8, 4) is 0 Å². The van der Waals surface area contributed by atoms with Crippen LogP contribution in [0.4, 0.5) is 0 Å². The Morgan fingerprint density at radius 2 is 1.33 bits per heavy atom. The van der Waals surface area contributed by atoms with E-state index in [0.717, 1.165) is 17.6 Å². The first-order chi connectivity index (χ1) is 6.74. The minimum atomic E-state index is -0.752. The van der Waals surface area contributed by atoms with Gasteiger partial charge in [-0.15, -0.1) is 0 Å². The fourth-order valence-electron chi connectivity index (χ4n) is 3.33. The Labute approximate surface area is 91.3 Å². The molecule has 2 heteroatoms. The van der Waals surface area contributed by atoms with E-state index >= 15 is 0 Å². The van der Waals surface area contributed by atoms with E-state index in [0.29, 0.717) is 0 Å². The van der Waals surface area contributed by atoms with Crippen molar-refractivity contribution in [2.24, 2.45) is 11.8 Å². The first-order valence-corrected chi connectivity index (χ1v) is 5.57. The monoisotopic (exact) mass is 208 g/mol. The zero-order valence-corrected chi connectivity index (χ0v) is 9.91. The van der Waals surface area contributed by atoms with Gasteiger partial charge in [0.05, 0.1) is 11.2 Å². The highest BCUT2D eigenvalue weighted by Gasteiger charge is 2.46. The van der Waals surface area contributed by atoms with Gasteiger partial charge in [0.15, 0.2) is 0 Å². The molecule has 0 radical (unpaired) electrons. The van der Waals surface area contributed by atoms with E-state index in [9.17, 15) is 10.2 Å². The molecule has 2 N–H and O–H groups in total. The molecule has 2 aliphatic carbocycles. The summed E-state index contributed by atoms with van der Waals surface area (Å²) in [5.74, 6) is 0.317. The number of aliphatic hydroxyl groups is 2. The lowest BCUT2D eigenvalue weighted by atomic mass is 9.61. The Morgan fingerprint density at radius 1 is 1.00 bits per heavy atom. The van der Waals surface area contributed by atoms with Crippen LogP contribution in [0.1, 0.15) is 34.1 Å². The highest BCUT2D eigenvalue weighted by molar-refractivity contribution is 5.33. The molecule has 0 amide bonds. The van der Waals surface area contributed by atoms with Crippen LogP contribution in [0.2, 0.25) is 0 Å². The average molecular weight is 208 g/mol. The second-order valence-electron chi connectivity index (χ2n) is 5.57. The predicted molar refractivity (Wildman–Crippen MR) is 60.4 cm³/mol. The number of hydrogen-bond acceptors (Lipinski definition) is 2. The summed E-state index contributed by atoms with van der Waals surface area (Å²) in [6, 6.07) is 0. The smallest absolute Gasteiger partial charge is 0.0867 e. The minimum Gasteiger partial charge on any atom is -0.385 e. The Morgan fingerprint density at radius 3 is 1.67 bits per heavy atom. The van der Waals surface area contributed by atoms with E-state index in [-0.39, 0.29) is 11.8 Å². The fraction of sp³-hybridized carbons (Fsp3) is 0.692.